The number of hydrogen-bond donors (Lipinski definition) is 3. The van der Waals surface area contributed by atoms with E-state index in [4.69, 9.17) is 17.0 Å². The van der Waals surface area contributed by atoms with E-state index in [9.17, 15) is 4.79 Å². The molecule has 0 unspecified atom stereocenters. The zero-order valence-electron chi connectivity index (χ0n) is 17.4. The van der Waals surface area contributed by atoms with Crippen LogP contribution in [0.25, 0.3) is 11.3 Å². The van der Waals surface area contributed by atoms with Crippen LogP contribution >= 0.6 is 11.6 Å². The summed E-state index contributed by atoms with van der Waals surface area (Å²) in [5, 5.41) is 23.3. The smallest absolute Gasteiger partial charge is 0.239 e. The zero-order chi connectivity index (χ0) is 22.2. The Hall–Kier alpha value is -3.36. The van der Waals surface area contributed by atoms with E-state index in [2.05, 4.69) is 25.8 Å². The summed E-state index contributed by atoms with van der Waals surface area (Å²) in [4.78, 5) is 18.3. The van der Waals surface area contributed by atoms with Crippen molar-refractivity contribution < 1.29 is 4.79 Å². The van der Waals surface area contributed by atoms with Gasteiger partial charge in [0, 0.05) is 36.6 Å². The van der Waals surface area contributed by atoms with E-state index < -0.39 is 0 Å². The molecular formula is C22H24ClN7O. The van der Waals surface area contributed by atoms with Crippen LogP contribution in [-0.2, 0) is 4.79 Å². The normalized spacial score (nSPS) is 10.7. The minimum atomic E-state index is -0.189. The number of hydrogen-bond acceptors (Lipinski definition) is 7. The number of nitrogens with one attached hydrogen (secondary N) is 3. The van der Waals surface area contributed by atoms with Gasteiger partial charge in [-0.1, -0.05) is 41.9 Å². The minimum absolute atomic E-state index is 0.0174. The molecule has 160 valence electrons. The number of halogens is 1. The van der Waals surface area contributed by atoms with E-state index in [0.717, 1.165) is 12.1 Å². The molecule has 3 N–H and O–H groups in total. The topological polar surface area (TPSA) is 107 Å². The zero-order valence-corrected chi connectivity index (χ0v) is 18.1. The van der Waals surface area contributed by atoms with Gasteiger partial charge in [-0.3, -0.25) is 15.2 Å². The number of amides is 1. The van der Waals surface area contributed by atoms with Crippen LogP contribution in [0.15, 0.2) is 54.9 Å². The summed E-state index contributed by atoms with van der Waals surface area (Å²) in [7, 11) is 3.87. The van der Waals surface area contributed by atoms with E-state index in [1.54, 1.807) is 24.5 Å². The summed E-state index contributed by atoms with van der Waals surface area (Å²) < 4.78 is 0. The highest BCUT2D eigenvalue weighted by Crippen LogP contribution is 2.33. The predicted molar refractivity (Wildman–Crippen MR) is 123 cm³/mol. The molecule has 0 saturated carbocycles. The first-order valence-electron chi connectivity index (χ1n) is 9.73. The van der Waals surface area contributed by atoms with Gasteiger partial charge in [0.05, 0.1) is 22.8 Å². The van der Waals surface area contributed by atoms with Crippen LogP contribution in [0.2, 0.25) is 5.02 Å². The number of likely N-dealkylation sites (N-methyl/N-ethyl adjacent to an activating group) is 1. The van der Waals surface area contributed by atoms with Crippen molar-refractivity contribution in [3.05, 3.63) is 71.0 Å². The van der Waals surface area contributed by atoms with Crippen molar-refractivity contribution in [3.63, 3.8) is 0 Å². The molecule has 2 heterocycles. The fourth-order valence-corrected chi connectivity index (χ4v) is 3.18. The molecule has 0 aliphatic heterocycles. The van der Waals surface area contributed by atoms with Crippen LogP contribution in [0.5, 0.6) is 0 Å². The Bertz CT molecular complexity index is 1040. The summed E-state index contributed by atoms with van der Waals surface area (Å²) in [5.74, 6) is 0.0760. The quantitative estimate of drug-likeness (QED) is 0.444. The van der Waals surface area contributed by atoms with E-state index in [1.165, 1.54) is 0 Å². The lowest BCUT2D eigenvalue weighted by Gasteiger charge is -2.16. The highest BCUT2D eigenvalue weighted by molar-refractivity contribution is 6.38. The van der Waals surface area contributed by atoms with Crippen molar-refractivity contribution in [2.45, 2.75) is 0 Å². The molecule has 0 spiro atoms. The molecule has 0 saturated heterocycles. The number of anilines is 1. The molecule has 0 aliphatic carbocycles. The molecule has 2 aromatic heterocycles. The Morgan fingerprint density at radius 2 is 1.90 bits per heavy atom. The number of carbonyl (C=O) groups is 1. The molecule has 3 rings (SSSR count). The van der Waals surface area contributed by atoms with Crippen LogP contribution < -0.4 is 10.6 Å². The third-order valence-corrected chi connectivity index (χ3v) is 4.83. The fourth-order valence-electron chi connectivity index (χ4n) is 2.85. The van der Waals surface area contributed by atoms with Crippen molar-refractivity contribution in [2.75, 3.05) is 39.0 Å². The largest absolute Gasteiger partial charge is 0.359 e. The van der Waals surface area contributed by atoms with Crippen molar-refractivity contribution in [2.24, 2.45) is 0 Å². The number of carbonyl (C=O) groups excluding carboxylic acids is 1. The minimum Gasteiger partial charge on any atom is -0.359 e. The van der Waals surface area contributed by atoms with Gasteiger partial charge < -0.3 is 15.5 Å². The van der Waals surface area contributed by atoms with Crippen LogP contribution in [0.3, 0.4) is 0 Å². The molecule has 8 nitrogen and oxygen atoms in total. The second-order valence-corrected chi connectivity index (χ2v) is 7.45. The standard InChI is InChI=1S/C22H24ClN7O/c1-30(2)12-11-26-17(31)14-27-22-18(20(24)16-9-6-10-25-13-16)19(23)21(28-29-22)15-7-4-3-5-8-15/h3-10,13,24H,11-12,14H2,1-2H3,(H,26,31)(H,27,29). The molecular weight excluding hydrogens is 414 g/mol. The molecule has 3 aromatic rings. The van der Waals surface area contributed by atoms with Crippen molar-refractivity contribution >= 4 is 29.0 Å². The Morgan fingerprint density at radius 3 is 2.58 bits per heavy atom. The van der Waals surface area contributed by atoms with Gasteiger partial charge in [0.25, 0.3) is 0 Å². The van der Waals surface area contributed by atoms with Crippen molar-refractivity contribution in [1.29, 1.82) is 5.41 Å². The van der Waals surface area contributed by atoms with Gasteiger partial charge in [-0.15, -0.1) is 10.2 Å². The average Bonchev–Trinajstić information content (AvgIpc) is 2.78. The van der Waals surface area contributed by atoms with Crippen LogP contribution in [0, 0.1) is 5.41 Å². The first-order chi connectivity index (χ1) is 15.0. The highest BCUT2D eigenvalue weighted by atomic mass is 35.5. The number of aromatic nitrogens is 3. The molecule has 1 aromatic carbocycles. The van der Waals surface area contributed by atoms with E-state index in [1.807, 2.05) is 49.3 Å². The molecule has 0 fully saturated rings. The Kier molecular flexibility index (Phi) is 7.64. The monoisotopic (exact) mass is 437 g/mol. The number of pyridine rings is 1. The molecule has 0 radical (unpaired) electrons. The second kappa shape index (κ2) is 10.6. The maximum Gasteiger partial charge on any atom is 0.239 e. The Morgan fingerprint density at radius 1 is 1.13 bits per heavy atom. The molecule has 0 aliphatic rings. The highest BCUT2D eigenvalue weighted by Gasteiger charge is 2.21. The van der Waals surface area contributed by atoms with Crippen LogP contribution in [0.4, 0.5) is 5.82 Å². The van der Waals surface area contributed by atoms with Crippen LogP contribution in [-0.4, -0.2) is 65.4 Å². The predicted octanol–water partition coefficient (Wildman–Crippen LogP) is 2.70. The van der Waals surface area contributed by atoms with Gasteiger partial charge in [-0.25, -0.2) is 0 Å². The maximum absolute atomic E-state index is 12.2. The van der Waals surface area contributed by atoms with Crippen molar-refractivity contribution in [1.82, 2.24) is 25.4 Å². The summed E-state index contributed by atoms with van der Waals surface area (Å²) in [6.45, 7) is 1.25. The molecule has 0 bridgehead atoms. The van der Waals surface area contributed by atoms with Crippen molar-refractivity contribution in [3.8, 4) is 11.3 Å². The summed E-state index contributed by atoms with van der Waals surface area (Å²) >= 11 is 6.72. The van der Waals surface area contributed by atoms with E-state index >= 15 is 0 Å². The second-order valence-electron chi connectivity index (χ2n) is 7.08. The molecule has 0 atom stereocenters. The van der Waals surface area contributed by atoms with Gasteiger partial charge >= 0.3 is 0 Å². The Labute approximate surface area is 186 Å². The van der Waals surface area contributed by atoms with Gasteiger partial charge in [0.1, 0.15) is 5.69 Å². The average molecular weight is 438 g/mol. The maximum atomic E-state index is 12.2. The number of benzene rings is 1. The lowest BCUT2D eigenvalue weighted by atomic mass is 10.0. The van der Waals surface area contributed by atoms with Gasteiger partial charge in [-0.05, 0) is 26.2 Å². The third-order valence-electron chi connectivity index (χ3n) is 4.46. The summed E-state index contributed by atoms with van der Waals surface area (Å²) in [5.41, 5.74) is 2.33. The van der Waals surface area contributed by atoms with Gasteiger partial charge in [0.2, 0.25) is 5.91 Å². The van der Waals surface area contributed by atoms with Crippen LogP contribution in [0.1, 0.15) is 11.1 Å². The van der Waals surface area contributed by atoms with Gasteiger partial charge in [0.15, 0.2) is 5.82 Å². The Balaban J connectivity index is 1.90. The summed E-state index contributed by atoms with van der Waals surface area (Å²) in [6, 6.07) is 12.9. The molecule has 1 amide bonds. The van der Waals surface area contributed by atoms with E-state index in [0.29, 0.717) is 23.4 Å². The first-order valence-corrected chi connectivity index (χ1v) is 10.1. The molecule has 9 heteroatoms. The first kappa shape index (κ1) is 22.3. The number of rotatable bonds is 9. The lowest BCUT2D eigenvalue weighted by molar-refractivity contribution is -0.119. The number of nitrogens with zero attached hydrogens (tertiary/aromatic N) is 4. The van der Waals surface area contributed by atoms with E-state index in [-0.39, 0.29) is 29.0 Å². The molecule has 31 heavy (non-hydrogen) atoms. The third kappa shape index (κ3) is 5.84. The fraction of sp³-hybridized carbons (Fsp3) is 0.227. The van der Waals surface area contributed by atoms with Gasteiger partial charge in [-0.2, -0.15) is 0 Å². The SMILES string of the molecule is CN(C)CCNC(=O)CNc1nnc(-c2ccccc2)c(Cl)c1C(=N)c1cccnc1. The lowest BCUT2D eigenvalue weighted by Crippen LogP contribution is -2.35. The summed E-state index contributed by atoms with van der Waals surface area (Å²) in [6.07, 6.45) is 3.22.